The quantitative estimate of drug-likeness (QED) is 0.269. The third-order valence-corrected chi connectivity index (χ3v) is 8.34. The molecule has 1 amide bonds. The van der Waals surface area contributed by atoms with E-state index in [-0.39, 0.29) is 34.6 Å². The van der Waals surface area contributed by atoms with E-state index in [1.54, 1.807) is 31.2 Å². The van der Waals surface area contributed by atoms with Gasteiger partial charge in [0, 0.05) is 45.4 Å². The predicted octanol–water partition coefficient (Wildman–Crippen LogP) is 3.93. The van der Waals surface area contributed by atoms with E-state index < -0.39 is 37.5 Å². The Balaban J connectivity index is 1.81. The summed E-state index contributed by atoms with van der Waals surface area (Å²) in [5.74, 6) is -1.72. The highest BCUT2D eigenvalue weighted by atomic mass is 32.2. The molecule has 2 aromatic carbocycles. The van der Waals surface area contributed by atoms with Crippen LogP contribution in [0.15, 0.2) is 53.3 Å². The van der Waals surface area contributed by atoms with Crippen molar-refractivity contribution in [3.8, 4) is 11.1 Å². The Labute approximate surface area is 216 Å². The average Bonchev–Trinajstić information content (AvgIpc) is 3.65. The van der Waals surface area contributed by atoms with Gasteiger partial charge in [-0.2, -0.15) is 0 Å². The first kappa shape index (κ1) is 25.3. The minimum atomic E-state index is -3.97. The summed E-state index contributed by atoms with van der Waals surface area (Å²) in [7, 11) is -3.97. The Kier molecular flexibility index (Phi) is 6.14. The number of carbonyl (C=O) groups excluding carboxylic acids is 1. The van der Waals surface area contributed by atoms with E-state index in [1.165, 1.54) is 10.6 Å². The molecule has 1 fully saturated rings. The van der Waals surface area contributed by atoms with Gasteiger partial charge in [-0.15, -0.1) is 0 Å². The summed E-state index contributed by atoms with van der Waals surface area (Å²) >= 11 is 0. The molecule has 0 aliphatic heterocycles. The third kappa shape index (κ3) is 4.58. The molecule has 38 heavy (non-hydrogen) atoms. The summed E-state index contributed by atoms with van der Waals surface area (Å²) < 4.78 is 43.8. The molecule has 1 aliphatic carbocycles. The van der Waals surface area contributed by atoms with Crippen molar-refractivity contribution < 1.29 is 22.5 Å². The zero-order valence-corrected chi connectivity index (χ0v) is 21.3. The number of rotatable bonds is 7. The second-order valence-corrected chi connectivity index (χ2v) is 11.4. The van der Waals surface area contributed by atoms with Crippen LogP contribution in [0.5, 0.6) is 0 Å². The number of nitrogens with zero attached hydrogens (tertiary/aromatic N) is 2. The fourth-order valence-corrected chi connectivity index (χ4v) is 5.79. The number of nitro benzene ring substituents is 1. The van der Waals surface area contributed by atoms with E-state index >= 15 is 0 Å². The first-order valence-corrected chi connectivity index (χ1v) is 13.3. The molecule has 0 radical (unpaired) electrons. The van der Waals surface area contributed by atoms with Crippen LogP contribution in [0.25, 0.3) is 22.0 Å². The van der Waals surface area contributed by atoms with Crippen LogP contribution in [0.4, 0.5) is 10.1 Å². The summed E-state index contributed by atoms with van der Waals surface area (Å²) in [6.07, 6.45) is 0.850. The number of nitro groups is 1. The van der Waals surface area contributed by atoms with Gasteiger partial charge >= 0.3 is 0 Å². The molecule has 1 saturated carbocycles. The number of amides is 1. The normalized spacial score (nSPS) is 13.6. The van der Waals surface area contributed by atoms with E-state index in [0.29, 0.717) is 29.4 Å². The van der Waals surface area contributed by atoms with Gasteiger partial charge in [0.1, 0.15) is 11.5 Å². The molecule has 1 aliphatic rings. The topological polar surface area (TPSA) is 144 Å². The SMILES string of the molecule is Cc1ccc2c(c1)c(-c1ccc(C)[nH]c1=O)c(C(=O)NS(=O)(=O)C1CC1)n2Cc1cc([N+](=O)[O-])ccc1F. The molecule has 10 nitrogen and oxygen atoms in total. The van der Waals surface area contributed by atoms with E-state index in [1.807, 2.05) is 6.92 Å². The second-order valence-electron chi connectivity index (χ2n) is 9.42. The maximum absolute atomic E-state index is 14.9. The summed E-state index contributed by atoms with van der Waals surface area (Å²) in [6.45, 7) is 3.18. The Morgan fingerprint density at radius 3 is 2.55 bits per heavy atom. The van der Waals surface area contributed by atoms with Crippen molar-refractivity contribution in [2.75, 3.05) is 0 Å². The highest BCUT2D eigenvalue weighted by Crippen LogP contribution is 2.36. The fraction of sp³-hybridized carbons (Fsp3) is 0.231. The van der Waals surface area contributed by atoms with Crippen LogP contribution in [-0.4, -0.2) is 34.0 Å². The number of benzene rings is 2. The molecule has 12 heteroatoms. The molecule has 2 aromatic heterocycles. The van der Waals surface area contributed by atoms with Crippen molar-refractivity contribution in [1.29, 1.82) is 0 Å². The Morgan fingerprint density at radius 2 is 1.89 bits per heavy atom. The number of aromatic nitrogens is 2. The number of aryl methyl sites for hydroxylation is 2. The number of hydrogen-bond acceptors (Lipinski definition) is 6. The smallest absolute Gasteiger partial charge is 0.282 e. The minimum Gasteiger partial charge on any atom is -0.331 e. The molecule has 196 valence electrons. The molecule has 5 rings (SSSR count). The second kappa shape index (κ2) is 9.21. The Hall–Kier alpha value is -4.32. The molecular formula is C26H23FN4O6S. The average molecular weight is 539 g/mol. The zero-order chi connectivity index (χ0) is 27.4. The van der Waals surface area contributed by atoms with E-state index in [2.05, 4.69) is 9.71 Å². The van der Waals surface area contributed by atoms with Gasteiger partial charge in [0.15, 0.2) is 0 Å². The van der Waals surface area contributed by atoms with Crippen molar-refractivity contribution >= 4 is 32.5 Å². The van der Waals surface area contributed by atoms with E-state index in [0.717, 1.165) is 23.8 Å². The van der Waals surface area contributed by atoms with Gasteiger partial charge in [-0.05, 0) is 57.0 Å². The van der Waals surface area contributed by atoms with Crippen LogP contribution in [0.1, 0.15) is 40.2 Å². The maximum Gasteiger partial charge on any atom is 0.282 e. The lowest BCUT2D eigenvalue weighted by Gasteiger charge is -2.14. The molecule has 0 bridgehead atoms. The summed E-state index contributed by atoms with van der Waals surface area (Å²) in [4.78, 5) is 40.1. The fourth-order valence-electron chi connectivity index (χ4n) is 4.52. The third-order valence-electron chi connectivity index (χ3n) is 6.53. The Bertz CT molecular complexity index is 1800. The molecule has 0 saturated heterocycles. The highest BCUT2D eigenvalue weighted by molar-refractivity contribution is 7.91. The van der Waals surface area contributed by atoms with Crippen LogP contribution in [0, 0.1) is 29.8 Å². The van der Waals surface area contributed by atoms with Crippen molar-refractivity contribution in [3.05, 3.63) is 97.3 Å². The van der Waals surface area contributed by atoms with Crippen molar-refractivity contribution in [2.24, 2.45) is 0 Å². The molecule has 2 N–H and O–H groups in total. The first-order chi connectivity index (χ1) is 18.0. The van der Waals surface area contributed by atoms with Gasteiger partial charge in [-0.3, -0.25) is 19.7 Å². The number of halogens is 1. The number of non-ortho nitro benzene ring substituents is 1. The van der Waals surface area contributed by atoms with Crippen LogP contribution in [0.3, 0.4) is 0 Å². The highest BCUT2D eigenvalue weighted by Gasteiger charge is 2.38. The lowest BCUT2D eigenvalue weighted by Crippen LogP contribution is -2.35. The molecule has 2 heterocycles. The number of sulfonamides is 1. The standard InChI is InChI=1S/C26H23FN4O6S/c1-14-3-10-22-20(11-14)23(19-8-4-15(2)28-25(19)32)24(26(33)29-38(36,37)18-6-7-18)30(22)13-16-12-17(31(34)35)5-9-21(16)27/h3-5,8-12,18H,6-7,13H2,1-2H3,(H,28,32)(H,29,33). The van der Waals surface area contributed by atoms with Gasteiger partial charge < -0.3 is 9.55 Å². The largest absolute Gasteiger partial charge is 0.331 e. The van der Waals surface area contributed by atoms with E-state index in [9.17, 15) is 32.5 Å². The summed E-state index contributed by atoms with van der Waals surface area (Å²) in [6, 6.07) is 11.4. The maximum atomic E-state index is 14.9. The predicted molar refractivity (Wildman–Crippen MR) is 139 cm³/mol. The zero-order valence-electron chi connectivity index (χ0n) is 20.4. The number of pyridine rings is 1. The molecule has 0 atom stereocenters. The number of fused-ring (bicyclic) bond motifs is 1. The van der Waals surface area contributed by atoms with Crippen molar-refractivity contribution in [1.82, 2.24) is 14.3 Å². The van der Waals surface area contributed by atoms with Gasteiger partial charge in [0.25, 0.3) is 17.2 Å². The molecule has 0 spiro atoms. The number of nitrogens with one attached hydrogen (secondary N) is 2. The van der Waals surface area contributed by atoms with E-state index in [4.69, 9.17) is 0 Å². The Morgan fingerprint density at radius 1 is 1.16 bits per heavy atom. The number of H-pyrrole nitrogens is 1. The lowest BCUT2D eigenvalue weighted by molar-refractivity contribution is -0.385. The van der Waals surface area contributed by atoms with Gasteiger partial charge in [-0.25, -0.2) is 17.5 Å². The van der Waals surface area contributed by atoms with Crippen LogP contribution >= 0.6 is 0 Å². The van der Waals surface area contributed by atoms with Crippen LogP contribution < -0.4 is 10.3 Å². The van der Waals surface area contributed by atoms with Gasteiger partial charge in [0.05, 0.1) is 16.7 Å². The summed E-state index contributed by atoms with van der Waals surface area (Å²) in [5.41, 5.74) is 1.02. The molecular weight excluding hydrogens is 515 g/mol. The molecule has 4 aromatic rings. The van der Waals surface area contributed by atoms with Crippen molar-refractivity contribution in [3.63, 3.8) is 0 Å². The van der Waals surface area contributed by atoms with Gasteiger partial charge in [-0.1, -0.05) is 11.6 Å². The molecule has 0 unspecified atom stereocenters. The van der Waals surface area contributed by atoms with Crippen molar-refractivity contribution in [2.45, 2.75) is 38.5 Å². The monoisotopic (exact) mass is 538 g/mol. The van der Waals surface area contributed by atoms with Crippen LogP contribution in [-0.2, 0) is 16.6 Å². The number of aromatic amines is 1. The lowest BCUT2D eigenvalue weighted by atomic mass is 10.0. The number of carbonyl (C=O) groups is 1. The summed E-state index contributed by atoms with van der Waals surface area (Å²) in [5, 5.41) is 11.1. The number of hydrogen-bond donors (Lipinski definition) is 2. The van der Waals surface area contributed by atoms with Crippen LogP contribution in [0.2, 0.25) is 0 Å². The first-order valence-electron chi connectivity index (χ1n) is 11.8. The minimum absolute atomic E-state index is 0.0832. The van der Waals surface area contributed by atoms with Gasteiger partial charge in [0.2, 0.25) is 10.0 Å².